The van der Waals surface area contributed by atoms with Gasteiger partial charge in [0, 0.05) is 0 Å². The van der Waals surface area contributed by atoms with E-state index in [0.717, 1.165) is 0 Å². The average molecular weight is 194 g/mol. The van der Waals surface area contributed by atoms with Crippen molar-refractivity contribution in [3.63, 3.8) is 0 Å². The molecule has 1 aromatic rings. The molecule has 0 fully saturated rings. The Labute approximate surface area is 81.1 Å². The molecule has 0 radical (unpaired) electrons. The first-order valence-corrected chi connectivity index (χ1v) is 4.13. The first-order chi connectivity index (χ1) is 6.74. The van der Waals surface area contributed by atoms with Crippen LogP contribution in [0.15, 0.2) is 24.3 Å². The van der Waals surface area contributed by atoms with Crippen molar-refractivity contribution in [2.75, 3.05) is 6.61 Å². The second-order valence-electron chi connectivity index (χ2n) is 2.65. The molecule has 0 unspecified atom stereocenters. The molecule has 0 aliphatic carbocycles. The SMILES string of the molecule is O=Cc1ccccc1OCCC(=O)O. The zero-order valence-electron chi connectivity index (χ0n) is 7.47. The highest BCUT2D eigenvalue weighted by Crippen LogP contribution is 2.15. The van der Waals surface area contributed by atoms with Gasteiger partial charge in [-0.2, -0.15) is 0 Å². The third-order valence-corrected chi connectivity index (χ3v) is 1.62. The largest absolute Gasteiger partial charge is 0.492 e. The van der Waals surface area contributed by atoms with Gasteiger partial charge in [0.15, 0.2) is 6.29 Å². The topological polar surface area (TPSA) is 63.6 Å². The van der Waals surface area contributed by atoms with Crippen molar-refractivity contribution >= 4 is 12.3 Å². The van der Waals surface area contributed by atoms with Gasteiger partial charge in [-0.15, -0.1) is 0 Å². The van der Waals surface area contributed by atoms with Gasteiger partial charge in [0.2, 0.25) is 0 Å². The molecule has 0 aliphatic heterocycles. The van der Waals surface area contributed by atoms with Gasteiger partial charge in [-0.25, -0.2) is 0 Å². The molecule has 0 spiro atoms. The zero-order valence-corrected chi connectivity index (χ0v) is 7.47. The van der Waals surface area contributed by atoms with Crippen molar-refractivity contribution in [2.24, 2.45) is 0 Å². The Morgan fingerprint density at radius 1 is 1.43 bits per heavy atom. The van der Waals surface area contributed by atoms with Crippen LogP contribution in [0, 0.1) is 0 Å². The fraction of sp³-hybridized carbons (Fsp3) is 0.200. The summed E-state index contributed by atoms with van der Waals surface area (Å²) in [7, 11) is 0. The van der Waals surface area contributed by atoms with Gasteiger partial charge >= 0.3 is 5.97 Å². The Morgan fingerprint density at radius 3 is 2.79 bits per heavy atom. The van der Waals surface area contributed by atoms with Crippen LogP contribution in [0.25, 0.3) is 0 Å². The number of aldehydes is 1. The number of ether oxygens (including phenoxy) is 1. The molecule has 14 heavy (non-hydrogen) atoms. The molecule has 1 aromatic carbocycles. The lowest BCUT2D eigenvalue weighted by atomic mass is 10.2. The standard InChI is InChI=1S/C10H10O4/c11-7-8-3-1-2-4-9(8)14-6-5-10(12)13/h1-4,7H,5-6H2,(H,12,13). The Kier molecular flexibility index (Phi) is 3.67. The van der Waals surface area contributed by atoms with Crippen LogP contribution in [0.5, 0.6) is 5.75 Å². The van der Waals surface area contributed by atoms with E-state index >= 15 is 0 Å². The van der Waals surface area contributed by atoms with E-state index in [9.17, 15) is 9.59 Å². The highest BCUT2D eigenvalue weighted by Gasteiger charge is 2.02. The van der Waals surface area contributed by atoms with Crippen molar-refractivity contribution in [2.45, 2.75) is 6.42 Å². The van der Waals surface area contributed by atoms with Crippen LogP contribution >= 0.6 is 0 Å². The Bertz CT molecular complexity index is 333. The predicted molar refractivity (Wildman–Crippen MR) is 49.6 cm³/mol. The Hall–Kier alpha value is -1.84. The van der Waals surface area contributed by atoms with E-state index in [1.54, 1.807) is 24.3 Å². The van der Waals surface area contributed by atoms with E-state index in [-0.39, 0.29) is 13.0 Å². The lowest BCUT2D eigenvalue weighted by molar-refractivity contribution is -0.137. The molecule has 0 atom stereocenters. The molecular weight excluding hydrogens is 184 g/mol. The maximum Gasteiger partial charge on any atom is 0.306 e. The highest BCUT2D eigenvalue weighted by atomic mass is 16.5. The van der Waals surface area contributed by atoms with Crippen LogP contribution in [0.2, 0.25) is 0 Å². The van der Waals surface area contributed by atoms with Gasteiger partial charge in [0.05, 0.1) is 18.6 Å². The number of carboxylic acids is 1. The quantitative estimate of drug-likeness (QED) is 0.718. The van der Waals surface area contributed by atoms with E-state index < -0.39 is 5.97 Å². The molecule has 0 saturated carbocycles. The molecule has 0 aromatic heterocycles. The summed E-state index contributed by atoms with van der Waals surface area (Å²) >= 11 is 0. The fourth-order valence-corrected chi connectivity index (χ4v) is 0.958. The molecule has 4 nitrogen and oxygen atoms in total. The normalized spacial score (nSPS) is 9.43. The van der Waals surface area contributed by atoms with Gasteiger partial charge in [-0.3, -0.25) is 9.59 Å². The number of hydrogen-bond donors (Lipinski definition) is 1. The molecule has 0 heterocycles. The van der Waals surface area contributed by atoms with E-state index in [0.29, 0.717) is 17.6 Å². The summed E-state index contributed by atoms with van der Waals surface area (Å²) in [6, 6.07) is 6.69. The second kappa shape index (κ2) is 5.01. The average Bonchev–Trinajstić information content (AvgIpc) is 2.18. The third-order valence-electron chi connectivity index (χ3n) is 1.62. The summed E-state index contributed by atoms with van der Waals surface area (Å²) in [5.74, 6) is -0.502. The highest BCUT2D eigenvalue weighted by molar-refractivity contribution is 5.79. The van der Waals surface area contributed by atoms with Crippen molar-refractivity contribution in [3.8, 4) is 5.75 Å². The van der Waals surface area contributed by atoms with Gasteiger partial charge in [0.25, 0.3) is 0 Å². The van der Waals surface area contributed by atoms with Crippen LogP contribution in [-0.4, -0.2) is 24.0 Å². The number of carboxylic acid groups (broad SMARTS) is 1. The molecule has 0 aliphatic rings. The molecule has 1 N–H and O–H groups in total. The number of rotatable bonds is 5. The van der Waals surface area contributed by atoms with Crippen LogP contribution in [0.4, 0.5) is 0 Å². The zero-order chi connectivity index (χ0) is 10.4. The number of carbonyl (C=O) groups is 2. The van der Waals surface area contributed by atoms with Crippen molar-refractivity contribution in [3.05, 3.63) is 29.8 Å². The van der Waals surface area contributed by atoms with Gasteiger partial charge in [-0.1, -0.05) is 12.1 Å². The fourth-order valence-electron chi connectivity index (χ4n) is 0.958. The molecular formula is C10H10O4. The number of carbonyl (C=O) groups excluding carboxylic acids is 1. The van der Waals surface area contributed by atoms with Crippen molar-refractivity contribution in [1.82, 2.24) is 0 Å². The maximum atomic E-state index is 10.5. The van der Waals surface area contributed by atoms with Gasteiger partial charge in [0.1, 0.15) is 5.75 Å². The monoisotopic (exact) mass is 194 g/mol. The summed E-state index contributed by atoms with van der Waals surface area (Å²) in [5, 5.41) is 8.37. The molecule has 0 amide bonds. The third kappa shape index (κ3) is 2.90. The van der Waals surface area contributed by atoms with E-state index in [2.05, 4.69) is 0 Å². The summed E-state index contributed by atoms with van der Waals surface area (Å²) in [6.45, 7) is 0.0696. The number of benzene rings is 1. The smallest absolute Gasteiger partial charge is 0.306 e. The molecule has 1 rings (SSSR count). The lowest BCUT2D eigenvalue weighted by Crippen LogP contribution is -2.05. The van der Waals surface area contributed by atoms with E-state index in [1.165, 1.54) is 0 Å². The number of aliphatic carboxylic acids is 1. The number of hydrogen-bond acceptors (Lipinski definition) is 3. The van der Waals surface area contributed by atoms with Crippen molar-refractivity contribution in [1.29, 1.82) is 0 Å². The summed E-state index contributed by atoms with van der Waals surface area (Å²) in [6.07, 6.45) is 0.600. The van der Waals surface area contributed by atoms with Crippen LogP contribution in [-0.2, 0) is 4.79 Å². The van der Waals surface area contributed by atoms with Crippen LogP contribution < -0.4 is 4.74 Å². The summed E-state index contributed by atoms with van der Waals surface area (Å²) in [4.78, 5) is 20.7. The Balaban J connectivity index is 2.57. The number of para-hydroxylation sites is 1. The minimum absolute atomic E-state index is 0.0696. The summed E-state index contributed by atoms with van der Waals surface area (Å²) < 4.78 is 5.13. The van der Waals surface area contributed by atoms with Gasteiger partial charge in [-0.05, 0) is 12.1 Å². The maximum absolute atomic E-state index is 10.5. The van der Waals surface area contributed by atoms with Crippen molar-refractivity contribution < 1.29 is 19.4 Å². The molecule has 74 valence electrons. The second-order valence-corrected chi connectivity index (χ2v) is 2.65. The minimum atomic E-state index is -0.923. The van der Waals surface area contributed by atoms with Crippen LogP contribution in [0.3, 0.4) is 0 Å². The Morgan fingerprint density at radius 2 is 2.14 bits per heavy atom. The van der Waals surface area contributed by atoms with Crippen LogP contribution in [0.1, 0.15) is 16.8 Å². The minimum Gasteiger partial charge on any atom is -0.492 e. The molecule has 4 heteroatoms. The first-order valence-electron chi connectivity index (χ1n) is 4.13. The van der Waals surface area contributed by atoms with Gasteiger partial charge < -0.3 is 9.84 Å². The summed E-state index contributed by atoms with van der Waals surface area (Å²) in [5.41, 5.74) is 0.429. The lowest BCUT2D eigenvalue weighted by Gasteiger charge is -2.05. The first kappa shape index (κ1) is 10.2. The molecule has 0 saturated heterocycles. The van der Waals surface area contributed by atoms with E-state index in [1.807, 2.05) is 0 Å². The van der Waals surface area contributed by atoms with E-state index in [4.69, 9.17) is 9.84 Å². The molecule has 0 bridgehead atoms. The predicted octanol–water partition coefficient (Wildman–Crippen LogP) is 1.35.